The first-order chi connectivity index (χ1) is 8.65. The van der Waals surface area contributed by atoms with Crippen LogP contribution in [0.5, 0.6) is 5.88 Å². The average Bonchev–Trinajstić information content (AvgIpc) is 2.41. The van der Waals surface area contributed by atoms with Crippen molar-refractivity contribution in [3.8, 4) is 5.88 Å². The Balaban J connectivity index is 2.56. The van der Waals surface area contributed by atoms with Crippen LogP contribution < -0.4 is 4.74 Å². The summed E-state index contributed by atoms with van der Waals surface area (Å²) in [5.41, 5.74) is 1.90. The number of halogens is 1. The molecular formula is C12H13ClN2O3. The summed E-state index contributed by atoms with van der Waals surface area (Å²) in [5.74, 6) is 0.450. The molecule has 0 amide bonds. The summed E-state index contributed by atoms with van der Waals surface area (Å²) in [7, 11) is 1.52. The summed E-state index contributed by atoms with van der Waals surface area (Å²) < 4.78 is 5.05. The van der Waals surface area contributed by atoms with E-state index in [4.69, 9.17) is 21.4 Å². The van der Waals surface area contributed by atoms with Crippen molar-refractivity contribution in [3.05, 3.63) is 28.9 Å². The summed E-state index contributed by atoms with van der Waals surface area (Å²) in [4.78, 5) is 8.44. The standard InChI is InChI=1S/C12H13ClN2O3/c1-18-11-3-2-10-12(15-11)8(4-7(17)6-16)9(13)5-14-10/h2-3,5,7,16-17H,4,6H2,1H3. The van der Waals surface area contributed by atoms with Crippen LogP contribution in [0.1, 0.15) is 5.56 Å². The molecule has 18 heavy (non-hydrogen) atoms. The van der Waals surface area contributed by atoms with Crippen molar-refractivity contribution in [2.75, 3.05) is 13.7 Å². The highest BCUT2D eigenvalue weighted by molar-refractivity contribution is 6.32. The van der Waals surface area contributed by atoms with Crippen LogP contribution in [-0.4, -0.2) is 40.0 Å². The number of hydrogen-bond acceptors (Lipinski definition) is 5. The van der Waals surface area contributed by atoms with E-state index in [-0.39, 0.29) is 13.0 Å². The van der Waals surface area contributed by atoms with E-state index >= 15 is 0 Å². The van der Waals surface area contributed by atoms with Crippen LogP contribution in [0.2, 0.25) is 5.02 Å². The molecule has 0 saturated carbocycles. The largest absolute Gasteiger partial charge is 0.481 e. The van der Waals surface area contributed by atoms with Gasteiger partial charge in [0.1, 0.15) is 0 Å². The van der Waals surface area contributed by atoms with E-state index in [2.05, 4.69) is 9.97 Å². The zero-order chi connectivity index (χ0) is 13.1. The van der Waals surface area contributed by atoms with E-state index < -0.39 is 6.10 Å². The van der Waals surface area contributed by atoms with E-state index in [1.54, 1.807) is 12.1 Å². The van der Waals surface area contributed by atoms with Crippen molar-refractivity contribution in [3.63, 3.8) is 0 Å². The highest BCUT2D eigenvalue weighted by Crippen LogP contribution is 2.25. The lowest BCUT2D eigenvalue weighted by Crippen LogP contribution is -2.16. The van der Waals surface area contributed by atoms with Gasteiger partial charge in [-0.2, -0.15) is 0 Å². The fourth-order valence-electron chi connectivity index (χ4n) is 1.69. The molecule has 0 radical (unpaired) electrons. The van der Waals surface area contributed by atoms with Gasteiger partial charge in [-0.15, -0.1) is 0 Å². The van der Waals surface area contributed by atoms with Crippen LogP contribution in [-0.2, 0) is 6.42 Å². The quantitative estimate of drug-likeness (QED) is 0.871. The van der Waals surface area contributed by atoms with E-state index in [9.17, 15) is 5.11 Å². The predicted octanol–water partition coefficient (Wildman–Crippen LogP) is 1.19. The molecule has 1 unspecified atom stereocenters. The molecule has 0 aliphatic rings. The molecule has 6 heteroatoms. The topological polar surface area (TPSA) is 75.5 Å². The first-order valence-corrected chi connectivity index (χ1v) is 5.80. The Kier molecular flexibility index (Phi) is 3.96. The van der Waals surface area contributed by atoms with E-state index in [0.717, 1.165) is 0 Å². The van der Waals surface area contributed by atoms with Gasteiger partial charge in [0, 0.05) is 24.2 Å². The summed E-state index contributed by atoms with van der Waals surface area (Å²) in [5, 5.41) is 18.9. The Bertz CT molecular complexity index is 562. The fraction of sp³-hybridized carbons (Fsp3) is 0.333. The van der Waals surface area contributed by atoms with Gasteiger partial charge in [-0.25, -0.2) is 4.98 Å². The van der Waals surface area contributed by atoms with Crippen molar-refractivity contribution in [1.82, 2.24) is 9.97 Å². The second-order valence-corrected chi connectivity index (χ2v) is 4.25. The minimum atomic E-state index is -0.874. The third-order valence-corrected chi connectivity index (χ3v) is 2.92. The van der Waals surface area contributed by atoms with Gasteiger partial charge >= 0.3 is 0 Å². The number of aromatic nitrogens is 2. The van der Waals surface area contributed by atoms with E-state index in [1.807, 2.05) is 0 Å². The minimum Gasteiger partial charge on any atom is -0.481 e. The van der Waals surface area contributed by atoms with Crippen molar-refractivity contribution < 1.29 is 14.9 Å². The summed E-state index contributed by atoms with van der Waals surface area (Å²) in [6.07, 6.45) is 0.854. The molecule has 5 nitrogen and oxygen atoms in total. The van der Waals surface area contributed by atoms with E-state index in [0.29, 0.717) is 27.5 Å². The minimum absolute atomic E-state index is 0.217. The van der Waals surface area contributed by atoms with Crippen LogP contribution in [0.15, 0.2) is 18.3 Å². The van der Waals surface area contributed by atoms with Gasteiger partial charge in [0.15, 0.2) is 0 Å². The maximum absolute atomic E-state index is 9.53. The van der Waals surface area contributed by atoms with Gasteiger partial charge < -0.3 is 14.9 Å². The predicted molar refractivity (Wildman–Crippen MR) is 67.9 cm³/mol. The average molecular weight is 269 g/mol. The van der Waals surface area contributed by atoms with Crippen LogP contribution in [0.4, 0.5) is 0 Å². The SMILES string of the molecule is COc1ccc2ncc(Cl)c(CC(O)CO)c2n1. The van der Waals surface area contributed by atoms with Crippen LogP contribution in [0.3, 0.4) is 0 Å². The molecule has 0 fully saturated rings. The molecular weight excluding hydrogens is 256 g/mol. The smallest absolute Gasteiger partial charge is 0.213 e. The third kappa shape index (κ3) is 2.53. The Hall–Kier alpha value is -1.43. The zero-order valence-electron chi connectivity index (χ0n) is 9.80. The lowest BCUT2D eigenvalue weighted by Gasteiger charge is -2.11. The van der Waals surface area contributed by atoms with Gasteiger partial charge in [-0.3, -0.25) is 4.98 Å². The molecule has 1 atom stereocenters. The van der Waals surface area contributed by atoms with Crippen molar-refractivity contribution >= 4 is 22.6 Å². The molecule has 0 aromatic carbocycles. The fourth-order valence-corrected chi connectivity index (χ4v) is 1.90. The highest BCUT2D eigenvalue weighted by atomic mass is 35.5. The van der Waals surface area contributed by atoms with Gasteiger partial charge in [-0.05, 0) is 6.07 Å². The number of aliphatic hydroxyl groups is 2. The highest BCUT2D eigenvalue weighted by Gasteiger charge is 2.14. The second kappa shape index (κ2) is 5.48. The van der Waals surface area contributed by atoms with Crippen LogP contribution in [0.25, 0.3) is 11.0 Å². The second-order valence-electron chi connectivity index (χ2n) is 3.85. The molecule has 0 aliphatic carbocycles. The Morgan fingerprint density at radius 3 is 2.89 bits per heavy atom. The van der Waals surface area contributed by atoms with Crippen molar-refractivity contribution in [2.45, 2.75) is 12.5 Å². The summed E-state index contributed by atoms with van der Waals surface area (Å²) >= 11 is 6.06. The van der Waals surface area contributed by atoms with Crippen molar-refractivity contribution in [2.24, 2.45) is 0 Å². The number of nitrogens with zero attached hydrogens (tertiary/aromatic N) is 2. The zero-order valence-corrected chi connectivity index (χ0v) is 10.6. The number of methoxy groups -OCH3 is 1. The summed E-state index contributed by atoms with van der Waals surface area (Å²) in [6, 6.07) is 3.47. The van der Waals surface area contributed by atoms with Gasteiger partial charge in [0.25, 0.3) is 0 Å². The molecule has 0 aliphatic heterocycles. The number of hydrogen-bond donors (Lipinski definition) is 2. The molecule has 2 aromatic heterocycles. The Morgan fingerprint density at radius 2 is 2.22 bits per heavy atom. The molecule has 2 N–H and O–H groups in total. The lowest BCUT2D eigenvalue weighted by molar-refractivity contribution is 0.0957. The molecule has 0 saturated heterocycles. The number of ether oxygens (including phenoxy) is 1. The van der Waals surface area contributed by atoms with Gasteiger partial charge in [-0.1, -0.05) is 11.6 Å². The number of pyridine rings is 2. The molecule has 2 heterocycles. The molecule has 2 aromatic rings. The van der Waals surface area contributed by atoms with Gasteiger partial charge in [0.2, 0.25) is 5.88 Å². The van der Waals surface area contributed by atoms with Crippen molar-refractivity contribution in [1.29, 1.82) is 0 Å². The maximum Gasteiger partial charge on any atom is 0.213 e. The number of rotatable bonds is 4. The Morgan fingerprint density at radius 1 is 1.44 bits per heavy atom. The normalized spacial score (nSPS) is 12.7. The summed E-state index contributed by atoms with van der Waals surface area (Å²) in [6.45, 7) is -0.329. The number of fused-ring (bicyclic) bond motifs is 1. The van der Waals surface area contributed by atoms with Crippen LogP contribution in [0, 0.1) is 0 Å². The third-order valence-electron chi connectivity index (χ3n) is 2.60. The monoisotopic (exact) mass is 268 g/mol. The molecule has 0 spiro atoms. The van der Waals surface area contributed by atoms with E-state index in [1.165, 1.54) is 13.3 Å². The first-order valence-electron chi connectivity index (χ1n) is 5.42. The molecule has 2 rings (SSSR count). The molecule has 0 bridgehead atoms. The molecule has 96 valence electrons. The number of aliphatic hydroxyl groups excluding tert-OH is 2. The Labute approximate surface area is 109 Å². The first kappa shape index (κ1) is 13.0. The van der Waals surface area contributed by atoms with Gasteiger partial charge in [0.05, 0.1) is 35.9 Å². The lowest BCUT2D eigenvalue weighted by atomic mass is 10.1. The van der Waals surface area contributed by atoms with Crippen LogP contribution >= 0.6 is 11.6 Å². The maximum atomic E-state index is 9.53.